The maximum absolute atomic E-state index is 10.8. The number of nitrogens with zero attached hydrogens (tertiary/aromatic N) is 1. The van der Waals surface area contributed by atoms with E-state index in [4.69, 9.17) is 21.1 Å². The second-order valence-corrected chi connectivity index (χ2v) is 4.07. The van der Waals surface area contributed by atoms with Crippen LogP contribution < -0.4 is 9.47 Å². The van der Waals surface area contributed by atoms with Crippen LogP contribution in [0.5, 0.6) is 23.0 Å². The van der Waals surface area contributed by atoms with E-state index < -0.39 is 4.92 Å². The number of fused-ring (bicyclic) bond motifs is 2. The van der Waals surface area contributed by atoms with Gasteiger partial charge in [-0.25, -0.2) is 0 Å². The van der Waals surface area contributed by atoms with Gasteiger partial charge in [-0.3, -0.25) is 10.1 Å². The summed E-state index contributed by atoms with van der Waals surface area (Å²) in [7, 11) is 0. The molecular weight excluding hydrogens is 258 g/mol. The fourth-order valence-electron chi connectivity index (χ4n) is 1.68. The molecule has 0 N–H and O–H groups in total. The number of benzene rings is 2. The highest BCUT2D eigenvalue weighted by Gasteiger charge is 2.24. The summed E-state index contributed by atoms with van der Waals surface area (Å²) < 4.78 is 11.1. The molecule has 1 aliphatic rings. The molecule has 6 heteroatoms. The fourth-order valence-corrected chi connectivity index (χ4v) is 1.90. The molecule has 1 aliphatic heterocycles. The Labute approximate surface area is 107 Å². The Kier molecular flexibility index (Phi) is 2.34. The van der Waals surface area contributed by atoms with E-state index in [2.05, 4.69) is 0 Å². The van der Waals surface area contributed by atoms with Gasteiger partial charge in [0.2, 0.25) is 0 Å². The summed E-state index contributed by atoms with van der Waals surface area (Å²) in [4.78, 5) is 10.2. The minimum Gasteiger partial charge on any atom is -0.449 e. The first-order valence-electron chi connectivity index (χ1n) is 5.08. The molecular formula is C12H6ClNO4. The van der Waals surface area contributed by atoms with E-state index in [1.54, 1.807) is 24.3 Å². The van der Waals surface area contributed by atoms with Crippen LogP contribution in [0.1, 0.15) is 0 Å². The van der Waals surface area contributed by atoms with E-state index in [0.29, 0.717) is 17.2 Å². The first-order chi connectivity index (χ1) is 8.65. The van der Waals surface area contributed by atoms with E-state index in [1.165, 1.54) is 12.1 Å². The summed E-state index contributed by atoms with van der Waals surface area (Å²) >= 11 is 5.81. The Hall–Kier alpha value is -2.27. The van der Waals surface area contributed by atoms with Gasteiger partial charge in [-0.2, -0.15) is 0 Å². The lowest BCUT2D eigenvalue weighted by Gasteiger charge is -2.20. The Balaban J connectivity index is 2.11. The van der Waals surface area contributed by atoms with Gasteiger partial charge in [-0.05, 0) is 12.1 Å². The minimum atomic E-state index is -0.563. The van der Waals surface area contributed by atoms with Crippen molar-refractivity contribution in [2.24, 2.45) is 0 Å². The first-order valence-corrected chi connectivity index (χ1v) is 5.45. The van der Waals surface area contributed by atoms with Crippen LogP contribution in [0.4, 0.5) is 5.69 Å². The fraction of sp³-hybridized carbons (Fsp3) is 0. The van der Waals surface area contributed by atoms with Crippen molar-refractivity contribution in [1.82, 2.24) is 0 Å². The van der Waals surface area contributed by atoms with Crippen molar-refractivity contribution in [2.45, 2.75) is 0 Å². The predicted molar refractivity (Wildman–Crippen MR) is 64.7 cm³/mol. The van der Waals surface area contributed by atoms with Crippen LogP contribution >= 0.6 is 11.6 Å². The number of halogens is 1. The molecule has 0 spiro atoms. The highest BCUT2D eigenvalue weighted by atomic mass is 35.5. The quantitative estimate of drug-likeness (QED) is 0.489. The summed E-state index contributed by atoms with van der Waals surface area (Å²) in [5, 5.41) is 10.8. The molecule has 5 nitrogen and oxygen atoms in total. The highest BCUT2D eigenvalue weighted by molar-refractivity contribution is 6.32. The van der Waals surface area contributed by atoms with Crippen molar-refractivity contribution in [3.05, 3.63) is 51.5 Å². The van der Waals surface area contributed by atoms with Gasteiger partial charge in [-0.1, -0.05) is 23.7 Å². The standard InChI is InChI=1S/C12H6ClNO4/c13-7-5-11-12(6-8(7)14(15)16)18-10-4-2-1-3-9(10)17-11/h1-6H. The van der Waals surface area contributed by atoms with Crippen molar-refractivity contribution in [3.8, 4) is 23.0 Å². The Morgan fingerprint density at radius 2 is 1.56 bits per heavy atom. The third kappa shape index (κ3) is 1.65. The summed E-state index contributed by atoms with van der Waals surface area (Å²) in [6.45, 7) is 0. The van der Waals surface area contributed by atoms with Crippen molar-refractivity contribution in [2.75, 3.05) is 0 Å². The van der Waals surface area contributed by atoms with Crippen molar-refractivity contribution >= 4 is 17.3 Å². The molecule has 0 amide bonds. The summed E-state index contributed by atoms with van der Waals surface area (Å²) in [5.41, 5.74) is -0.210. The van der Waals surface area contributed by atoms with Gasteiger partial charge in [0.1, 0.15) is 5.02 Å². The van der Waals surface area contributed by atoms with Crippen LogP contribution in [0.15, 0.2) is 36.4 Å². The van der Waals surface area contributed by atoms with E-state index in [0.717, 1.165) is 0 Å². The number of para-hydroxylation sites is 2. The number of nitro groups is 1. The first kappa shape index (κ1) is 10.9. The molecule has 2 aromatic rings. The van der Waals surface area contributed by atoms with Gasteiger partial charge in [0.05, 0.1) is 11.0 Å². The van der Waals surface area contributed by atoms with E-state index in [-0.39, 0.29) is 16.5 Å². The molecule has 0 aliphatic carbocycles. The van der Waals surface area contributed by atoms with Crippen molar-refractivity contribution in [3.63, 3.8) is 0 Å². The minimum absolute atomic E-state index is 0.0155. The lowest BCUT2D eigenvalue weighted by Crippen LogP contribution is -2.00. The molecule has 0 aromatic heterocycles. The number of hydrogen-bond acceptors (Lipinski definition) is 4. The Morgan fingerprint density at radius 3 is 2.11 bits per heavy atom. The average Bonchev–Trinajstić information content (AvgIpc) is 2.35. The van der Waals surface area contributed by atoms with Crippen molar-refractivity contribution in [1.29, 1.82) is 0 Å². The number of hydrogen-bond donors (Lipinski definition) is 0. The van der Waals surface area contributed by atoms with Gasteiger partial charge in [-0.15, -0.1) is 0 Å². The molecule has 1 heterocycles. The van der Waals surface area contributed by atoms with Crippen molar-refractivity contribution < 1.29 is 14.4 Å². The smallest absolute Gasteiger partial charge is 0.291 e. The zero-order valence-corrected chi connectivity index (χ0v) is 9.68. The molecule has 90 valence electrons. The molecule has 0 fully saturated rings. The number of ether oxygens (including phenoxy) is 2. The maximum atomic E-state index is 10.8. The van der Waals surface area contributed by atoms with Crippen LogP contribution in [-0.2, 0) is 0 Å². The second-order valence-electron chi connectivity index (χ2n) is 3.66. The number of rotatable bonds is 1. The molecule has 0 atom stereocenters. The lowest BCUT2D eigenvalue weighted by atomic mass is 10.2. The second kappa shape index (κ2) is 3.89. The highest BCUT2D eigenvalue weighted by Crippen LogP contribution is 2.48. The van der Waals surface area contributed by atoms with Crippen LogP contribution in [0.2, 0.25) is 5.02 Å². The maximum Gasteiger partial charge on any atom is 0.291 e. The predicted octanol–water partition coefficient (Wildman–Crippen LogP) is 4.15. The summed E-state index contributed by atoms with van der Waals surface area (Å²) in [6, 6.07) is 9.70. The van der Waals surface area contributed by atoms with Gasteiger partial charge >= 0.3 is 0 Å². The molecule has 0 bridgehead atoms. The zero-order chi connectivity index (χ0) is 12.7. The summed E-state index contributed by atoms with van der Waals surface area (Å²) in [6.07, 6.45) is 0. The van der Waals surface area contributed by atoms with Gasteiger partial charge in [0.15, 0.2) is 23.0 Å². The molecule has 18 heavy (non-hydrogen) atoms. The molecule has 2 aromatic carbocycles. The molecule has 0 radical (unpaired) electrons. The van der Waals surface area contributed by atoms with E-state index >= 15 is 0 Å². The van der Waals surface area contributed by atoms with Crippen LogP contribution in [0.3, 0.4) is 0 Å². The van der Waals surface area contributed by atoms with Gasteiger partial charge in [0, 0.05) is 6.07 Å². The van der Waals surface area contributed by atoms with Crippen LogP contribution in [-0.4, -0.2) is 4.92 Å². The normalized spacial score (nSPS) is 11.8. The molecule has 0 saturated heterocycles. The van der Waals surface area contributed by atoms with Crippen LogP contribution in [0, 0.1) is 10.1 Å². The van der Waals surface area contributed by atoms with Gasteiger partial charge < -0.3 is 9.47 Å². The molecule has 0 saturated carbocycles. The SMILES string of the molecule is O=[N+]([O-])c1cc2c(cc1Cl)Oc1ccccc1O2. The summed E-state index contributed by atoms with van der Waals surface area (Å²) in [5.74, 6) is 1.71. The third-order valence-electron chi connectivity index (χ3n) is 2.50. The molecule has 0 unspecified atom stereocenters. The van der Waals surface area contributed by atoms with E-state index in [9.17, 15) is 10.1 Å². The van der Waals surface area contributed by atoms with Crippen LogP contribution in [0.25, 0.3) is 0 Å². The Morgan fingerprint density at radius 1 is 1.00 bits per heavy atom. The third-order valence-corrected chi connectivity index (χ3v) is 2.80. The Bertz CT molecular complexity index is 657. The van der Waals surface area contributed by atoms with E-state index in [1.807, 2.05) is 0 Å². The molecule has 3 rings (SSSR count). The van der Waals surface area contributed by atoms with Gasteiger partial charge in [0.25, 0.3) is 5.69 Å². The largest absolute Gasteiger partial charge is 0.449 e. The monoisotopic (exact) mass is 263 g/mol. The number of nitro benzene ring substituents is 1. The topological polar surface area (TPSA) is 61.6 Å². The average molecular weight is 264 g/mol. The zero-order valence-electron chi connectivity index (χ0n) is 8.92. The lowest BCUT2D eigenvalue weighted by molar-refractivity contribution is -0.384.